The Labute approximate surface area is 153 Å². The van der Waals surface area contributed by atoms with Gasteiger partial charge in [-0.05, 0) is 45.6 Å². The first kappa shape index (κ1) is 18.4. The second-order valence-electron chi connectivity index (χ2n) is 6.82. The number of aromatic nitrogens is 1. The number of carbonyl (C=O) groups excluding carboxylic acids is 1. The number of benzene rings is 1. The summed E-state index contributed by atoms with van der Waals surface area (Å²) in [6.07, 6.45) is 2.02. The number of rotatable bonds is 6. The van der Waals surface area contributed by atoms with Gasteiger partial charge in [0.2, 0.25) is 0 Å². The number of amides is 1. The predicted molar refractivity (Wildman–Crippen MR) is 97.0 cm³/mol. The Morgan fingerprint density at radius 3 is 3.00 bits per heavy atom. The van der Waals surface area contributed by atoms with Gasteiger partial charge >= 0.3 is 0 Å². The second kappa shape index (κ2) is 8.33. The van der Waals surface area contributed by atoms with E-state index in [-0.39, 0.29) is 23.5 Å². The topological polar surface area (TPSA) is 79.0 Å². The van der Waals surface area contributed by atoms with E-state index < -0.39 is 0 Å². The Kier molecular flexibility index (Phi) is 5.90. The number of phenolic OH excluding ortho intramolecular Hbond substituents is 1. The number of carbonyl (C=O) groups is 1. The van der Waals surface area contributed by atoms with Gasteiger partial charge < -0.3 is 24.2 Å². The summed E-state index contributed by atoms with van der Waals surface area (Å²) < 4.78 is 11.1. The molecule has 2 heterocycles. The summed E-state index contributed by atoms with van der Waals surface area (Å²) in [6, 6.07) is 8.28. The lowest BCUT2D eigenvalue weighted by Gasteiger charge is -2.32. The molecule has 1 aliphatic rings. The number of nitrogens with zero attached hydrogens (tertiary/aromatic N) is 3. The van der Waals surface area contributed by atoms with E-state index in [0.717, 1.165) is 19.4 Å². The highest BCUT2D eigenvalue weighted by Gasteiger charge is 2.27. The molecule has 3 rings (SSSR count). The van der Waals surface area contributed by atoms with Crippen molar-refractivity contribution in [2.24, 2.45) is 0 Å². The van der Waals surface area contributed by atoms with Crippen LogP contribution in [0.4, 0.5) is 0 Å². The number of aromatic hydroxyl groups is 1. The van der Waals surface area contributed by atoms with E-state index in [4.69, 9.17) is 9.26 Å². The molecule has 7 nitrogen and oxygen atoms in total. The summed E-state index contributed by atoms with van der Waals surface area (Å²) in [7, 11) is 4.10. The van der Waals surface area contributed by atoms with Crippen LogP contribution >= 0.6 is 0 Å². The van der Waals surface area contributed by atoms with Crippen LogP contribution < -0.4 is 0 Å². The minimum atomic E-state index is -0.152. The van der Waals surface area contributed by atoms with Crippen molar-refractivity contribution in [1.82, 2.24) is 15.0 Å². The van der Waals surface area contributed by atoms with Crippen molar-refractivity contribution < 1.29 is 19.2 Å². The van der Waals surface area contributed by atoms with Crippen LogP contribution in [0.25, 0.3) is 11.3 Å². The summed E-state index contributed by atoms with van der Waals surface area (Å²) in [5, 5.41) is 13.5. The third-order valence-corrected chi connectivity index (χ3v) is 4.42. The van der Waals surface area contributed by atoms with Gasteiger partial charge in [0.05, 0.1) is 12.7 Å². The van der Waals surface area contributed by atoms with Gasteiger partial charge in [-0.3, -0.25) is 4.79 Å². The van der Waals surface area contributed by atoms with Crippen molar-refractivity contribution >= 4 is 5.91 Å². The van der Waals surface area contributed by atoms with Crippen molar-refractivity contribution in [3.05, 3.63) is 36.0 Å². The van der Waals surface area contributed by atoms with Crippen LogP contribution in [0.5, 0.6) is 5.75 Å². The lowest BCUT2D eigenvalue weighted by atomic mass is 10.1. The molecule has 1 amide bonds. The van der Waals surface area contributed by atoms with Crippen LogP contribution in [0.2, 0.25) is 0 Å². The average Bonchev–Trinajstić information content (AvgIpc) is 3.11. The predicted octanol–water partition coefficient (Wildman–Crippen LogP) is 2.23. The normalized spacial score (nSPS) is 17.7. The van der Waals surface area contributed by atoms with E-state index in [1.54, 1.807) is 35.2 Å². The molecule has 1 fully saturated rings. The molecule has 0 spiro atoms. The van der Waals surface area contributed by atoms with Crippen molar-refractivity contribution in [2.75, 3.05) is 40.3 Å². The minimum absolute atomic E-state index is 0.0603. The highest BCUT2D eigenvalue weighted by atomic mass is 16.5. The molecule has 2 aromatic rings. The van der Waals surface area contributed by atoms with E-state index in [9.17, 15) is 9.90 Å². The van der Waals surface area contributed by atoms with E-state index in [1.807, 2.05) is 14.1 Å². The standard InChI is InChI=1S/C19H25N3O4/c1-21(2)8-4-7-16-13-22(9-10-25-16)19(24)17-12-18(26-20-17)14-5-3-6-15(23)11-14/h3,5-6,11-12,16,23H,4,7-10,13H2,1-2H3. The highest BCUT2D eigenvalue weighted by Crippen LogP contribution is 2.24. The molecule has 1 aromatic heterocycles. The summed E-state index contributed by atoms with van der Waals surface area (Å²) in [6.45, 7) is 2.66. The van der Waals surface area contributed by atoms with Crippen molar-refractivity contribution in [1.29, 1.82) is 0 Å². The summed E-state index contributed by atoms with van der Waals surface area (Å²) in [5.74, 6) is 0.446. The Balaban J connectivity index is 1.62. The fraction of sp³-hybridized carbons (Fsp3) is 0.474. The molecule has 1 aromatic carbocycles. The number of morpholine rings is 1. The lowest BCUT2D eigenvalue weighted by Crippen LogP contribution is -2.45. The maximum atomic E-state index is 12.7. The third-order valence-electron chi connectivity index (χ3n) is 4.42. The number of ether oxygens (including phenoxy) is 1. The summed E-state index contributed by atoms with van der Waals surface area (Å²) in [5.41, 5.74) is 0.956. The minimum Gasteiger partial charge on any atom is -0.508 e. The third kappa shape index (κ3) is 4.62. The van der Waals surface area contributed by atoms with Crippen LogP contribution in [0.1, 0.15) is 23.3 Å². The molecule has 0 radical (unpaired) electrons. The Bertz CT molecular complexity index is 744. The first-order chi connectivity index (χ1) is 12.5. The van der Waals surface area contributed by atoms with Crippen LogP contribution in [0.15, 0.2) is 34.9 Å². The molecule has 0 aliphatic carbocycles. The first-order valence-corrected chi connectivity index (χ1v) is 8.84. The fourth-order valence-electron chi connectivity index (χ4n) is 3.05. The Hall–Kier alpha value is -2.38. The van der Waals surface area contributed by atoms with Gasteiger partial charge in [-0.25, -0.2) is 0 Å². The average molecular weight is 359 g/mol. The van der Waals surface area contributed by atoms with Crippen molar-refractivity contribution in [3.63, 3.8) is 0 Å². The van der Waals surface area contributed by atoms with Crippen LogP contribution in [0.3, 0.4) is 0 Å². The molecule has 1 N–H and O–H groups in total. The zero-order valence-electron chi connectivity index (χ0n) is 15.2. The first-order valence-electron chi connectivity index (χ1n) is 8.84. The number of phenols is 1. The van der Waals surface area contributed by atoms with Crippen molar-refractivity contribution in [3.8, 4) is 17.1 Å². The van der Waals surface area contributed by atoms with Gasteiger partial charge in [0.15, 0.2) is 11.5 Å². The molecular formula is C19H25N3O4. The van der Waals surface area contributed by atoms with E-state index in [0.29, 0.717) is 31.0 Å². The zero-order valence-corrected chi connectivity index (χ0v) is 15.2. The van der Waals surface area contributed by atoms with Crippen LogP contribution in [0, 0.1) is 0 Å². The molecule has 1 saturated heterocycles. The molecule has 0 bridgehead atoms. The van der Waals surface area contributed by atoms with Gasteiger partial charge in [-0.2, -0.15) is 0 Å². The summed E-state index contributed by atoms with van der Waals surface area (Å²) in [4.78, 5) is 16.6. The lowest BCUT2D eigenvalue weighted by molar-refractivity contribution is -0.0263. The van der Waals surface area contributed by atoms with Gasteiger partial charge in [-0.15, -0.1) is 0 Å². The van der Waals surface area contributed by atoms with Gasteiger partial charge in [-0.1, -0.05) is 17.3 Å². The van der Waals surface area contributed by atoms with E-state index >= 15 is 0 Å². The number of hydrogen-bond acceptors (Lipinski definition) is 6. The molecule has 1 aliphatic heterocycles. The van der Waals surface area contributed by atoms with Gasteiger partial charge in [0.1, 0.15) is 5.75 Å². The maximum absolute atomic E-state index is 12.7. The van der Waals surface area contributed by atoms with E-state index in [2.05, 4.69) is 10.1 Å². The van der Waals surface area contributed by atoms with E-state index in [1.165, 1.54) is 0 Å². The molecule has 140 valence electrons. The quantitative estimate of drug-likeness (QED) is 0.852. The SMILES string of the molecule is CN(C)CCCC1CN(C(=O)c2cc(-c3cccc(O)c3)on2)CCO1. The molecular weight excluding hydrogens is 334 g/mol. The summed E-state index contributed by atoms with van der Waals surface area (Å²) >= 11 is 0. The molecule has 7 heteroatoms. The Morgan fingerprint density at radius 2 is 2.23 bits per heavy atom. The second-order valence-corrected chi connectivity index (χ2v) is 6.82. The fourth-order valence-corrected chi connectivity index (χ4v) is 3.05. The molecule has 1 atom stereocenters. The van der Waals surface area contributed by atoms with Crippen LogP contribution in [-0.2, 0) is 4.74 Å². The monoisotopic (exact) mass is 359 g/mol. The zero-order chi connectivity index (χ0) is 18.5. The molecule has 1 unspecified atom stereocenters. The smallest absolute Gasteiger partial charge is 0.276 e. The maximum Gasteiger partial charge on any atom is 0.276 e. The highest BCUT2D eigenvalue weighted by molar-refractivity contribution is 5.93. The van der Waals surface area contributed by atoms with Crippen molar-refractivity contribution in [2.45, 2.75) is 18.9 Å². The molecule has 26 heavy (non-hydrogen) atoms. The van der Waals surface area contributed by atoms with Gasteiger partial charge in [0.25, 0.3) is 5.91 Å². The van der Waals surface area contributed by atoms with Crippen LogP contribution in [-0.4, -0.2) is 72.4 Å². The molecule has 0 saturated carbocycles. The largest absolute Gasteiger partial charge is 0.508 e. The number of hydrogen-bond donors (Lipinski definition) is 1. The Morgan fingerprint density at radius 1 is 1.38 bits per heavy atom. The van der Waals surface area contributed by atoms with Gasteiger partial charge in [0, 0.05) is 24.7 Å².